The van der Waals surface area contributed by atoms with E-state index in [-0.39, 0.29) is 17.7 Å². The predicted molar refractivity (Wildman–Crippen MR) is 97.8 cm³/mol. The summed E-state index contributed by atoms with van der Waals surface area (Å²) >= 11 is 0. The van der Waals surface area contributed by atoms with Crippen molar-refractivity contribution in [2.75, 3.05) is 5.32 Å². The Labute approximate surface area is 153 Å². The molecule has 2 saturated carbocycles. The minimum atomic E-state index is -0.861. The molecule has 0 heterocycles. The highest BCUT2D eigenvalue weighted by Crippen LogP contribution is 2.38. The number of rotatable bonds is 5. The number of aliphatic carboxylic acids is 1. The number of benzene rings is 1. The lowest BCUT2D eigenvalue weighted by atomic mass is 9.73. The molecular weight excluding hydrogens is 332 g/mol. The van der Waals surface area contributed by atoms with Gasteiger partial charge in [-0.2, -0.15) is 0 Å². The van der Waals surface area contributed by atoms with Gasteiger partial charge in [-0.25, -0.2) is 0 Å². The smallest absolute Gasteiger partial charge is 0.308 e. The Morgan fingerprint density at radius 3 is 2.38 bits per heavy atom. The van der Waals surface area contributed by atoms with Crippen molar-refractivity contribution < 1.29 is 19.5 Å². The molecule has 4 atom stereocenters. The summed E-state index contributed by atoms with van der Waals surface area (Å²) in [6, 6.07) is 6.72. The summed E-state index contributed by atoms with van der Waals surface area (Å²) in [4.78, 5) is 36.1. The zero-order chi connectivity index (χ0) is 18.9. The molecule has 26 heavy (non-hydrogen) atoms. The first-order valence-electron chi connectivity index (χ1n) is 9.26. The van der Waals surface area contributed by atoms with Gasteiger partial charge in [-0.15, -0.1) is 0 Å². The Morgan fingerprint density at radius 2 is 1.81 bits per heavy atom. The van der Waals surface area contributed by atoms with Gasteiger partial charge in [-0.1, -0.05) is 19.8 Å². The SMILES string of the molecule is CC1CC1C(=O)Nc1ccc(C(=O)NC2(C)CCCCC2C(=O)O)cc1. The maximum Gasteiger partial charge on any atom is 0.308 e. The van der Waals surface area contributed by atoms with E-state index in [0.717, 1.165) is 19.3 Å². The molecule has 0 saturated heterocycles. The minimum absolute atomic E-state index is 0.0220. The minimum Gasteiger partial charge on any atom is -0.481 e. The summed E-state index contributed by atoms with van der Waals surface area (Å²) in [5.41, 5.74) is 0.382. The zero-order valence-electron chi connectivity index (χ0n) is 15.2. The van der Waals surface area contributed by atoms with Crippen LogP contribution in [0.15, 0.2) is 24.3 Å². The molecule has 2 fully saturated rings. The van der Waals surface area contributed by atoms with Crippen LogP contribution >= 0.6 is 0 Å². The van der Waals surface area contributed by atoms with Crippen LogP contribution in [0.4, 0.5) is 5.69 Å². The van der Waals surface area contributed by atoms with Crippen LogP contribution in [0.3, 0.4) is 0 Å². The highest BCUT2D eigenvalue weighted by Gasteiger charge is 2.42. The van der Waals surface area contributed by atoms with Gasteiger partial charge in [0.1, 0.15) is 0 Å². The molecule has 4 unspecified atom stereocenters. The molecule has 2 aliphatic rings. The summed E-state index contributed by atoms with van der Waals surface area (Å²) in [5.74, 6) is -1.15. The summed E-state index contributed by atoms with van der Waals surface area (Å²) in [5, 5.41) is 15.2. The van der Waals surface area contributed by atoms with Crippen molar-refractivity contribution in [2.24, 2.45) is 17.8 Å². The average molecular weight is 358 g/mol. The van der Waals surface area contributed by atoms with Crippen LogP contribution in [-0.2, 0) is 9.59 Å². The van der Waals surface area contributed by atoms with Crippen LogP contribution in [-0.4, -0.2) is 28.4 Å². The Morgan fingerprint density at radius 1 is 1.15 bits per heavy atom. The van der Waals surface area contributed by atoms with Crippen LogP contribution in [0.1, 0.15) is 56.3 Å². The van der Waals surface area contributed by atoms with E-state index in [1.54, 1.807) is 24.3 Å². The molecule has 1 aromatic carbocycles. The molecular formula is C20H26N2O4. The number of carbonyl (C=O) groups is 3. The van der Waals surface area contributed by atoms with Gasteiger partial charge in [0.25, 0.3) is 5.91 Å². The fraction of sp³-hybridized carbons (Fsp3) is 0.550. The number of amides is 2. The second-order valence-corrected chi connectivity index (χ2v) is 7.89. The lowest BCUT2D eigenvalue weighted by Gasteiger charge is -2.39. The number of hydrogen-bond acceptors (Lipinski definition) is 3. The quantitative estimate of drug-likeness (QED) is 0.754. The standard InChI is InChI=1S/C20H26N2O4/c1-12-11-15(12)18(24)21-14-8-6-13(7-9-14)17(23)22-20(2)10-4-3-5-16(20)19(25)26/h6-9,12,15-16H,3-5,10-11H2,1-2H3,(H,21,24)(H,22,23)(H,25,26). The number of carboxylic acid groups (broad SMARTS) is 1. The van der Waals surface area contributed by atoms with Crippen LogP contribution in [0, 0.1) is 17.8 Å². The zero-order valence-corrected chi connectivity index (χ0v) is 15.2. The fourth-order valence-electron chi connectivity index (χ4n) is 3.84. The van der Waals surface area contributed by atoms with E-state index in [1.165, 1.54) is 0 Å². The van der Waals surface area contributed by atoms with E-state index >= 15 is 0 Å². The van der Waals surface area contributed by atoms with Crippen LogP contribution < -0.4 is 10.6 Å². The molecule has 3 rings (SSSR count). The summed E-state index contributed by atoms with van der Waals surface area (Å²) in [6.07, 6.45) is 3.94. The van der Waals surface area contributed by atoms with Gasteiger partial charge in [0.2, 0.25) is 5.91 Å². The Balaban J connectivity index is 1.64. The third kappa shape index (κ3) is 3.89. The van der Waals surface area contributed by atoms with E-state index < -0.39 is 17.4 Å². The Bertz CT molecular complexity index is 715. The first-order chi connectivity index (χ1) is 12.3. The van der Waals surface area contributed by atoms with E-state index in [4.69, 9.17) is 0 Å². The predicted octanol–water partition coefficient (Wildman–Crippen LogP) is 3.04. The lowest BCUT2D eigenvalue weighted by molar-refractivity contribution is -0.145. The number of nitrogens with one attached hydrogen (secondary N) is 2. The van der Waals surface area contributed by atoms with Gasteiger partial charge in [0.15, 0.2) is 0 Å². The van der Waals surface area contributed by atoms with E-state index in [2.05, 4.69) is 10.6 Å². The molecule has 0 aliphatic heterocycles. The third-order valence-corrected chi connectivity index (χ3v) is 5.77. The van der Waals surface area contributed by atoms with Gasteiger partial charge in [0, 0.05) is 17.2 Å². The Hall–Kier alpha value is -2.37. The van der Waals surface area contributed by atoms with Crippen LogP contribution in [0.2, 0.25) is 0 Å². The highest BCUT2D eigenvalue weighted by atomic mass is 16.4. The lowest BCUT2D eigenvalue weighted by Crippen LogP contribution is -2.55. The molecule has 0 spiro atoms. The van der Waals surface area contributed by atoms with Gasteiger partial charge >= 0.3 is 5.97 Å². The van der Waals surface area contributed by atoms with E-state index in [0.29, 0.717) is 30.0 Å². The number of hydrogen-bond donors (Lipinski definition) is 3. The van der Waals surface area contributed by atoms with Crippen molar-refractivity contribution in [3.05, 3.63) is 29.8 Å². The van der Waals surface area contributed by atoms with Crippen molar-refractivity contribution in [3.63, 3.8) is 0 Å². The Kier molecular flexibility index (Phi) is 5.03. The number of anilines is 1. The number of carbonyl (C=O) groups excluding carboxylic acids is 2. The van der Waals surface area contributed by atoms with Crippen LogP contribution in [0.5, 0.6) is 0 Å². The molecule has 0 aromatic heterocycles. The van der Waals surface area contributed by atoms with Crippen molar-refractivity contribution in [1.29, 1.82) is 0 Å². The van der Waals surface area contributed by atoms with E-state index in [9.17, 15) is 19.5 Å². The van der Waals surface area contributed by atoms with Gasteiger partial charge < -0.3 is 15.7 Å². The average Bonchev–Trinajstić information content (AvgIpc) is 3.32. The first kappa shape index (κ1) is 18.4. The molecule has 0 radical (unpaired) electrons. The van der Waals surface area contributed by atoms with Crippen molar-refractivity contribution in [3.8, 4) is 0 Å². The van der Waals surface area contributed by atoms with Crippen molar-refractivity contribution in [2.45, 2.75) is 51.5 Å². The van der Waals surface area contributed by atoms with Crippen molar-refractivity contribution >= 4 is 23.5 Å². The van der Waals surface area contributed by atoms with Crippen LogP contribution in [0.25, 0.3) is 0 Å². The molecule has 2 aliphatic carbocycles. The topological polar surface area (TPSA) is 95.5 Å². The molecule has 3 N–H and O–H groups in total. The largest absolute Gasteiger partial charge is 0.481 e. The molecule has 6 nitrogen and oxygen atoms in total. The van der Waals surface area contributed by atoms with E-state index in [1.807, 2.05) is 13.8 Å². The summed E-state index contributed by atoms with van der Waals surface area (Å²) < 4.78 is 0. The molecule has 1 aromatic rings. The molecule has 140 valence electrons. The van der Waals surface area contributed by atoms with Gasteiger partial charge in [-0.3, -0.25) is 14.4 Å². The molecule has 2 amide bonds. The van der Waals surface area contributed by atoms with Crippen molar-refractivity contribution in [1.82, 2.24) is 5.32 Å². The maximum absolute atomic E-state index is 12.6. The summed E-state index contributed by atoms with van der Waals surface area (Å²) in [7, 11) is 0. The fourth-order valence-corrected chi connectivity index (χ4v) is 3.84. The first-order valence-corrected chi connectivity index (χ1v) is 9.26. The molecule has 0 bridgehead atoms. The number of carboxylic acids is 1. The third-order valence-electron chi connectivity index (χ3n) is 5.77. The highest BCUT2D eigenvalue weighted by molar-refractivity contribution is 5.97. The summed E-state index contributed by atoms with van der Waals surface area (Å²) in [6.45, 7) is 3.86. The second-order valence-electron chi connectivity index (χ2n) is 7.89. The van der Waals surface area contributed by atoms with Gasteiger partial charge in [0.05, 0.1) is 11.5 Å². The second kappa shape index (κ2) is 7.09. The van der Waals surface area contributed by atoms with Gasteiger partial charge in [-0.05, 0) is 56.4 Å². The normalized spacial score (nSPS) is 30.3. The monoisotopic (exact) mass is 358 g/mol. The molecule has 6 heteroatoms. The maximum atomic E-state index is 12.6.